The number of rotatable bonds is 1. The van der Waals surface area contributed by atoms with Gasteiger partial charge in [0.2, 0.25) is 5.91 Å². The molecule has 1 aromatic heterocycles. The third-order valence-corrected chi connectivity index (χ3v) is 1.89. The molecule has 1 aromatic rings. The first-order valence-corrected chi connectivity index (χ1v) is 3.87. The van der Waals surface area contributed by atoms with E-state index >= 15 is 0 Å². The molecule has 0 aromatic carbocycles. The number of halogens is 1. The number of anilines is 1. The molecular weight excluding hydrogens is 178 g/mol. The SMILES string of the molecule is CC(=O)Nc1c(C)nn(C)c1Cl. The first kappa shape index (κ1) is 9.06. The van der Waals surface area contributed by atoms with Crippen molar-refractivity contribution in [1.29, 1.82) is 0 Å². The van der Waals surface area contributed by atoms with Gasteiger partial charge in [-0.25, -0.2) is 0 Å². The molecule has 1 N–H and O–H groups in total. The molecule has 12 heavy (non-hydrogen) atoms. The van der Waals surface area contributed by atoms with Gasteiger partial charge in [-0.1, -0.05) is 11.6 Å². The summed E-state index contributed by atoms with van der Waals surface area (Å²) >= 11 is 5.84. The molecule has 0 fully saturated rings. The third kappa shape index (κ3) is 1.58. The summed E-state index contributed by atoms with van der Waals surface area (Å²) in [4.78, 5) is 10.7. The Labute approximate surface area is 75.5 Å². The van der Waals surface area contributed by atoms with Gasteiger partial charge in [0.05, 0.1) is 5.69 Å². The Kier molecular flexibility index (Phi) is 2.38. The quantitative estimate of drug-likeness (QED) is 0.721. The summed E-state index contributed by atoms with van der Waals surface area (Å²) in [5.74, 6) is -0.145. The minimum atomic E-state index is -0.145. The summed E-state index contributed by atoms with van der Waals surface area (Å²) in [5, 5.41) is 7.09. The molecule has 0 aliphatic carbocycles. The van der Waals surface area contributed by atoms with Gasteiger partial charge >= 0.3 is 0 Å². The molecule has 0 saturated heterocycles. The summed E-state index contributed by atoms with van der Waals surface area (Å²) in [6.07, 6.45) is 0. The van der Waals surface area contributed by atoms with E-state index in [-0.39, 0.29) is 5.91 Å². The third-order valence-electron chi connectivity index (χ3n) is 1.45. The zero-order valence-corrected chi connectivity index (χ0v) is 7.94. The second kappa shape index (κ2) is 3.15. The van der Waals surface area contributed by atoms with Crippen LogP contribution in [0.1, 0.15) is 12.6 Å². The zero-order valence-electron chi connectivity index (χ0n) is 7.18. The summed E-state index contributed by atoms with van der Waals surface area (Å²) in [6.45, 7) is 3.22. The standard InChI is InChI=1S/C7H10ClN3O/c1-4-6(9-5(2)12)7(8)11(3)10-4/h1-3H3,(H,9,12). The van der Waals surface area contributed by atoms with Gasteiger partial charge in [0.25, 0.3) is 0 Å². The van der Waals surface area contributed by atoms with Crippen molar-refractivity contribution in [2.75, 3.05) is 5.32 Å². The van der Waals surface area contributed by atoms with Crippen molar-refractivity contribution in [3.63, 3.8) is 0 Å². The highest BCUT2D eigenvalue weighted by Gasteiger charge is 2.11. The fraction of sp³-hybridized carbons (Fsp3) is 0.429. The lowest BCUT2D eigenvalue weighted by Crippen LogP contribution is -2.06. The maximum absolute atomic E-state index is 10.7. The number of nitrogens with zero attached hydrogens (tertiary/aromatic N) is 2. The lowest BCUT2D eigenvalue weighted by molar-refractivity contribution is -0.114. The number of aryl methyl sites for hydroxylation is 2. The maximum atomic E-state index is 10.7. The van der Waals surface area contributed by atoms with Crippen molar-refractivity contribution >= 4 is 23.2 Å². The average molecular weight is 188 g/mol. The van der Waals surface area contributed by atoms with Crippen LogP contribution in [0.4, 0.5) is 5.69 Å². The number of amides is 1. The fourth-order valence-corrected chi connectivity index (χ4v) is 1.17. The predicted octanol–water partition coefficient (Wildman–Crippen LogP) is 1.34. The summed E-state index contributed by atoms with van der Waals surface area (Å²) in [7, 11) is 1.72. The molecule has 0 unspecified atom stereocenters. The van der Waals surface area contributed by atoms with E-state index in [0.717, 1.165) is 5.69 Å². The number of carbonyl (C=O) groups excluding carboxylic acids is 1. The molecule has 0 radical (unpaired) electrons. The van der Waals surface area contributed by atoms with Crippen molar-refractivity contribution in [3.05, 3.63) is 10.8 Å². The van der Waals surface area contributed by atoms with Crippen LogP contribution in [0.25, 0.3) is 0 Å². The minimum absolute atomic E-state index is 0.145. The van der Waals surface area contributed by atoms with Crippen LogP contribution in [0.3, 0.4) is 0 Å². The smallest absolute Gasteiger partial charge is 0.221 e. The van der Waals surface area contributed by atoms with Crippen LogP contribution in [-0.4, -0.2) is 15.7 Å². The molecular formula is C7H10ClN3O. The Hall–Kier alpha value is -1.03. The summed E-state index contributed by atoms with van der Waals surface area (Å²) in [5.41, 5.74) is 1.31. The van der Waals surface area contributed by atoms with Crippen molar-refractivity contribution < 1.29 is 4.79 Å². The number of hydrogen-bond acceptors (Lipinski definition) is 2. The number of carbonyl (C=O) groups is 1. The molecule has 0 atom stereocenters. The van der Waals surface area contributed by atoms with Gasteiger partial charge in [0.1, 0.15) is 5.69 Å². The molecule has 0 spiro atoms. The van der Waals surface area contributed by atoms with Crippen molar-refractivity contribution in [2.45, 2.75) is 13.8 Å². The van der Waals surface area contributed by atoms with Crippen molar-refractivity contribution in [1.82, 2.24) is 9.78 Å². The van der Waals surface area contributed by atoms with Gasteiger partial charge < -0.3 is 5.32 Å². The van der Waals surface area contributed by atoms with Gasteiger partial charge in [-0.05, 0) is 6.92 Å². The van der Waals surface area contributed by atoms with Crippen LogP contribution in [-0.2, 0) is 11.8 Å². The van der Waals surface area contributed by atoms with Gasteiger partial charge in [-0.2, -0.15) is 5.10 Å². The van der Waals surface area contributed by atoms with Crippen LogP contribution < -0.4 is 5.32 Å². The Morgan fingerprint density at radius 1 is 1.67 bits per heavy atom. The van der Waals surface area contributed by atoms with Crippen LogP contribution in [0.5, 0.6) is 0 Å². The lowest BCUT2D eigenvalue weighted by Gasteiger charge is -1.99. The predicted molar refractivity (Wildman–Crippen MR) is 47.3 cm³/mol. The van der Waals surface area contributed by atoms with E-state index in [1.165, 1.54) is 11.6 Å². The Morgan fingerprint density at radius 2 is 2.25 bits per heavy atom. The molecule has 1 rings (SSSR count). The van der Waals surface area contributed by atoms with Crippen LogP contribution >= 0.6 is 11.6 Å². The van der Waals surface area contributed by atoms with E-state index in [9.17, 15) is 4.79 Å². The van der Waals surface area contributed by atoms with E-state index in [0.29, 0.717) is 10.8 Å². The summed E-state index contributed by atoms with van der Waals surface area (Å²) < 4.78 is 1.52. The van der Waals surface area contributed by atoms with Gasteiger partial charge in [0.15, 0.2) is 5.15 Å². The zero-order chi connectivity index (χ0) is 9.30. The molecule has 66 valence electrons. The second-order valence-electron chi connectivity index (χ2n) is 2.56. The lowest BCUT2D eigenvalue weighted by atomic mass is 10.4. The molecule has 0 saturated carbocycles. The second-order valence-corrected chi connectivity index (χ2v) is 2.91. The fourth-order valence-electron chi connectivity index (χ4n) is 0.948. The molecule has 0 aliphatic rings. The molecule has 0 bridgehead atoms. The Bertz CT molecular complexity index is 319. The highest BCUT2D eigenvalue weighted by atomic mass is 35.5. The Balaban J connectivity index is 3.05. The summed E-state index contributed by atoms with van der Waals surface area (Å²) in [6, 6.07) is 0. The largest absolute Gasteiger partial charge is 0.322 e. The van der Waals surface area contributed by atoms with Crippen LogP contribution in [0.15, 0.2) is 0 Å². The van der Waals surface area contributed by atoms with Gasteiger partial charge in [0, 0.05) is 14.0 Å². The van der Waals surface area contributed by atoms with E-state index < -0.39 is 0 Å². The molecule has 1 amide bonds. The highest BCUT2D eigenvalue weighted by Crippen LogP contribution is 2.23. The topological polar surface area (TPSA) is 46.9 Å². The van der Waals surface area contributed by atoms with Gasteiger partial charge in [-0.15, -0.1) is 0 Å². The number of hydrogen-bond donors (Lipinski definition) is 1. The first-order chi connectivity index (χ1) is 5.52. The van der Waals surface area contributed by atoms with Crippen LogP contribution in [0, 0.1) is 6.92 Å². The van der Waals surface area contributed by atoms with E-state index in [2.05, 4.69) is 10.4 Å². The van der Waals surface area contributed by atoms with E-state index in [1.54, 1.807) is 14.0 Å². The highest BCUT2D eigenvalue weighted by molar-refractivity contribution is 6.32. The molecule has 0 aliphatic heterocycles. The average Bonchev–Trinajstić information content (AvgIpc) is 2.16. The molecule has 4 nitrogen and oxygen atoms in total. The molecule has 5 heteroatoms. The minimum Gasteiger partial charge on any atom is -0.322 e. The number of nitrogens with one attached hydrogen (secondary N) is 1. The van der Waals surface area contributed by atoms with Crippen molar-refractivity contribution in [2.24, 2.45) is 7.05 Å². The Morgan fingerprint density at radius 3 is 2.58 bits per heavy atom. The van der Waals surface area contributed by atoms with Crippen LogP contribution in [0.2, 0.25) is 5.15 Å². The monoisotopic (exact) mass is 187 g/mol. The van der Waals surface area contributed by atoms with Gasteiger partial charge in [-0.3, -0.25) is 9.48 Å². The van der Waals surface area contributed by atoms with Crippen molar-refractivity contribution in [3.8, 4) is 0 Å². The normalized spacial score (nSPS) is 10.0. The number of aromatic nitrogens is 2. The first-order valence-electron chi connectivity index (χ1n) is 3.49. The maximum Gasteiger partial charge on any atom is 0.221 e. The van der Waals surface area contributed by atoms with E-state index in [1.807, 2.05) is 0 Å². The molecule has 1 heterocycles. The van der Waals surface area contributed by atoms with E-state index in [4.69, 9.17) is 11.6 Å².